The molecule has 0 bridgehead atoms. The molecule has 1 aliphatic rings. The smallest absolute Gasteiger partial charge is 0.339 e. The third-order valence-electron chi connectivity index (χ3n) is 3.73. The second-order valence-corrected chi connectivity index (χ2v) is 8.31. The normalized spacial score (nSPS) is 16.5. The van der Waals surface area contributed by atoms with Gasteiger partial charge in [0.15, 0.2) is 16.7 Å². The lowest BCUT2D eigenvalue weighted by Crippen LogP contribution is -2.68. The summed E-state index contributed by atoms with van der Waals surface area (Å²) in [6.45, 7) is 1.27. The van der Waals surface area contributed by atoms with Crippen molar-refractivity contribution in [1.82, 2.24) is 25.1 Å². The first-order chi connectivity index (χ1) is 14.6. The van der Waals surface area contributed by atoms with E-state index in [-0.39, 0.29) is 28.9 Å². The second-order valence-electron chi connectivity index (χ2n) is 6.00. The zero-order valence-electron chi connectivity index (χ0n) is 16.0. The van der Waals surface area contributed by atoms with Gasteiger partial charge in [0, 0.05) is 11.4 Å². The van der Waals surface area contributed by atoms with Crippen LogP contribution in [0.15, 0.2) is 21.1 Å². The minimum atomic E-state index is -4.37. The quantitative estimate of drug-likeness (QED) is 0.214. The number of amides is 4. The van der Waals surface area contributed by atoms with E-state index in [2.05, 4.69) is 25.5 Å². The lowest BCUT2D eigenvalue weighted by Gasteiger charge is -2.36. The lowest BCUT2D eigenvalue weighted by molar-refractivity contribution is -0.141. The molecule has 17 heteroatoms. The number of carbonyl (C=O) groups is 3. The van der Waals surface area contributed by atoms with Crippen LogP contribution in [0.2, 0.25) is 0 Å². The van der Waals surface area contributed by atoms with Crippen LogP contribution >= 0.6 is 11.3 Å². The van der Waals surface area contributed by atoms with Gasteiger partial charge in [0.25, 0.3) is 11.8 Å². The van der Waals surface area contributed by atoms with Gasteiger partial charge in [0.2, 0.25) is 0 Å². The van der Waals surface area contributed by atoms with E-state index in [0.717, 1.165) is 11.3 Å². The minimum absolute atomic E-state index is 0.142. The Morgan fingerprint density at radius 1 is 1.45 bits per heavy atom. The van der Waals surface area contributed by atoms with Crippen molar-refractivity contribution in [3.8, 4) is 0 Å². The number of rotatable bonds is 7. The number of hydrogen-bond acceptors (Lipinski definition) is 12. The Morgan fingerprint density at radius 2 is 2.19 bits per heavy atom. The number of urea groups is 1. The summed E-state index contributed by atoms with van der Waals surface area (Å²) in [5.74, 6) is -1.42. The van der Waals surface area contributed by atoms with Gasteiger partial charge >= 0.3 is 16.2 Å². The fourth-order valence-electron chi connectivity index (χ4n) is 2.38. The summed E-state index contributed by atoms with van der Waals surface area (Å²) < 4.78 is 32.3. The van der Waals surface area contributed by atoms with Gasteiger partial charge in [0.05, 0.1) is 6.54 Å². The molecule has 0 radical (unpaired) electrons. The average Bonchev–Trinajstić information content (AvgIpc) is 3.29. The molecule has 2 aromatic heterocycles. The topological polar surface area (TPSA) is 211 Å². The Bertz CT molecular complexity index is 1160. The van der Waals surface area contributed by atoms with Crippen molar-refractivity contribution in [2.45, 2.75) is 13.0 Å². The molecular formula is C14H16N8O7S2. The number of anilines is 2. The Hall–Kier alpha value is -3.73. The number of imide groups is 1. The van der Waals surface area contributed by atoms with Crippen LogP contribution in [0.4, 0.5) is 15.7 Å². The number of β-lactam (4-membered cyclic amide) rings is 1. The van der Waals surface area contributed by atoms with Gasteiger partial charge in [-0.05, 0) is 6.92 Å². The van der Waals surface area contributed by atoms with Crippen LogP contribution in [0.5, 0.6) is 0 Å². The van der Waals surface area contributed by atoms with Gasteiger partial charge in [-0.2, -0.15) is 8.42 Å². The number of nitrogens with zero attached hydrogens (tertiary/aromatic N) is 4. The molecule has 0 saturated carbocycles. The number of likely N-dealkylation sites (tertiary alicyclic amines) is 1. The highest BCUT2D eigenvalue weighted by molar-refractivity contribution is 7.91. The SMILES string of the molecule is CO/N=C(\C(=O)N[C@H]1CN(C(=O)NS(=O)(=O)Nc2cc(C)on2)C1=O)c1csc(N)n1. The van der Waals surface area contributed by atoms with Crippen molar-refractivity contribution < 1.29 is 32.2 Å². The van der Waals surface area contributed by atoms with E-state index in [9.17, 15) is 22.8 Å². The maximum atomic E-state index is 12.4. The maximum Gasteiger partial charge on any atom is 0.339 e. The highest BCUT2D eigenvalue weighted by Gasteiger charge is 2.43. The van der Waals surface area contributed by atoms with Gasteiger partial charge in [-0.25, -0.2) is 19.2 Å². The fourth-order valence-corrected chi connectivity index (χ4v) is 3.69. The van der Waals surface area contributed by atoms with Crippen LogP contribution in [-0.2, 0) is 24.6 Å². The Labute approximate surface area is 178 Å². The maximum absolute atomic E-state index is 12.4. The molecule has 1 atom stereocenters. The molecule has 0 aromatic carbocycles. The molecule has 0 unspecified atom stereocenters. The first kappa shape index (κ1) is 22.0. The van der Waals surface area contributed by atoms with Crippen LogP contribution in [0.25, 0.3) is 0 Å². The number of hydrogen-bond donors (Lipinski definition) is 4. The van der Waals surface area contributed by atoms with E-state index < -0.39 is 34.1 Å². The van der Waals surface area contributed by atoms with E-state index in [1.165, 1.54) is 18.6 Å². The molecule has 5 N–H and O–H groups in total. The Morgan fingerprint density at radius 3 is 2.74 bits per heavy atom. The summed E-state index contributed by atoms with van der Waals surface area (Å²) in [6, 6.07) is -0.995. The van der Waals surface area contributed by atoms with E-state index in [0.29, 0.717) is 10.7 Å². The molecule has 2 aromatic rings. The summed E-state index contributed by atoms with van der Waals surface area (Å²) in [5, 5.41) is 11.0. The van der Waals surface area contributed by atoms with Gasteiger partial charge in [-0.3, -0.25) is 14.5 Å². The number of nitrogen functional groups attached to an aromatic ring is 1. The molecule has 31 heavy (non-hydrogen) atoms. The zero-order chi connectivity index (χ0) is 22.8. The van der Waals surface area contributed by atoms with Gasteiger partial charge in [-0.1, -0.05) is 10.3 Å². The number of thiazole rings is 1. The molecule has 3 rings (SSSR count). The molecule has 1 saturated heterocycles. The molecule has 3 heterocycles. The number of aryl methyl sites for hydroxylation is 1. The molecule has 0 spiro atoms. The summed E-state index contributed by atoms with van der Waals surface area (Å²) in [7, 11) is -3.15. The van der Waals surface area contributed by atoms with Crippen molar-refractivity contribution >= 4 is 56.1 Å². The number of nitrogens with two attached hydrogens (primary N) is 1. The number of carbonyl (C=O) groups excluding carboxylic acids is 3. The number of nitrogens with one attached hydrogen (secondary N) is 3. The van der Waals surface area contributed by atoms with E-state index in [1.54, 1.807) is 11.6 Å². The first-order valence-electron chi connectivity index (χ1n) is 8.32. The highest BCUT2D eigenvalue weighted by Crippen LogP contribution is 2.15. The van der Waals surface area contributed by atoms with Crippen molar-refractivity contribution in [1.29, 1.82) is 0 Å². The second kappa shape index (κ2) is 8.56. The van der Waals surface area contributed by atoms with Crippen LogP contribution in [0.3, 0.4) is 0 Å². The Balaban J connectivity index is 1.57. The number of aromatic nitrogens is 2. The fraction of sp³-hybridized carbons (Fsp3) is 0.286. The molecule has 0 aliphatic carbocycles. The van der Waals surface area contributed by atoms with Crippen LogP contribution in [0, 0.1) is 6.92 Å². The average molecular weight is 472 g/mol. The summed E-state index contributed by atoms with van der Waals surface area (Å²) in [6.07, 6.45) is 0. The van der Waals surface area contributed by atoms with Crippen LogP contribution < -0.4 is 20.5 Å². The molecule has 1 aliphatic heterocycles. The van der Waals surface area contributed by atoms with Crippen LogP contribution in [-0.4, -0.2) is 66.7 Å². The van der Waals surface area contributed by atoms with Gasteiger partial charge in [0.1, 0.15) is 24.6 Å². The van der Waals surface area contributed by atoms with E-state index in [1.807, 2.05) is 4.72 Å². The van der Waals surface area contributed by atoms with Gasteiger partial charge in [-0.15, -0.1) is 11.3 Å². The third-order valence-corrected chi connectivity index (χ3v) is 5.33. The monoisotopic (exact) mass is 472 g/mol. The minimum Gasteiger partial charge on any atom is -0.398 e. The van der Waals surface area contributed by atoms with Gasteiger partial charge < -0.3 is 20.4 Å². The highest BCUT2D eigenvalue weighted by atomic mass is 32.2. The molecule has 1 fully saturated rings. The van der Waals surface area contributed by atoms with Crippen molar-refractivity contribution in [2.75, 3.05) is 24.1 Å². The van der Waals surface area contributed by atoms with E-state index >= 15 is 0 Å². The summed E-state index contributed by atoms with van der Waals surface area (Å²) in [5.41, 5.74) is 5.46. The summed E-state index contributed by atoms with van der Waals surface area (Å²) in [4.78, 5) is 45.9. The predicted molar refractivity (Wildman–Crippen MR) is 106 cm³/mol. The van der Waals surface area contributed by atoms with Crippen molar-refractivity contribution in [3.05, 3.63) is 22.9 Å². The number of oxime groups is 1. The third kappa shape index (κ3) is 5.07. The van der Waals surface area contributed by atoms with Crippen LogP contribution in [0.1, 0.15) is 11.5 Å². The summed E-state index contributed by atoms with van der Waals surface area (Å²) >= 11 is 1.08. The molecule has 15 nitrogen and oxygen atoms in total. The van der Waals surface area contributed by atoms with Crippen molar-refractivity contribution in [2.24, 2.45) is 5.16 Å². The molecular weight excluding hydrogens is 456 g/mol. The lowest BCUT2D eigenvalue weighted by atomic mass is 10.1. The largest absolute Gasteiger partial charge is 0.398 e. The zero-order valence-corrected chi connectivity index (χ0v) is 17.6. The standard InChI is InChI=1S/C14H16N8O7S2/c1-6-3-9(18-29-6)20-31(26,27)21-14(25)22-4-7(12(22)24)16-11(23)10(19-28-2)8-5-30-13(15)17-8/h3,5,7H,4H2,1-2H3,(H2,15,17)(H,16,23)(H,18,20)(H,21,25)/b19-10-/t7-/m0/s1. The predicted octanol–water partition coefficient (Wildman–Crippen LogP) is -1.23. The Kier molecular flexibility index (Phi) is 6.07. The van der Waals surface area contributed by atoms with Crippen molar-refractivity contribution in [3.63, 3.8) is 0 Å². The first-order valence-corrected chi connectivity index (χ1v) is 10.7. The van der Waals surface area contributed by atoms with E-state index in [4.69, 9.17) is 10.3 Å². The molecule has 4 amide bonds. The molecule has 166 valence electrons.